The minimum absolute atomic E-state index is 0.118. The van der Waals surface area contributed by atoms with Crippen LogP contribution in [0.25, 0.3) is 0 Å². The molecular formula is C18H27NO4. The summed E-state index contributed by atoms with van der Waals surface area (Å²) < 4.78 is 17.1. The first-order valence-electron chi connectivity index (χ1n) is 8.57. The van der Waals surface area contributed by atoms with Gasteiger partial charge in [0.2, 0.25) is 0 Å². The molecule has 1 saturated heterocycles. The Morgan fingerprint density at radius 2 is 2.17 bits per heavy atom. The molecular weight excluding hydrogens is 294 g/mol. The highest BCUT2D eigenvalue weighted by molar-refractivity contribution is 5.40. The van der Waals surface area contributed by atoms with Crippen LogP contribution in [0.3, 0.4) is 0 Å². The second-order valence-corrected chi connectivity index (χ2v) is 6.70. The molecule has 2 aliphatic heterocycles. The molecule has 0 saturated carbocycles. The van der Waals surface area contributed by atoms with E-state index in [1.54, 1.807) is 0 Å². The SMILES string of the molecule is C[C@@H]1CCCN(C[C@H](O)COC[C@@H]2COc3ccccc3O2)C1. The third kappa shape index (κ3) is 4.83. The molecule has 0 bridgehead atoms. The Kier molecular flexibility index (Phi) is 5.75. The number of nitrogens with zero attached hydrogens (tertiary/aromatic N) is 1. The summed E-state index contributed by atoms with van der Waals surface area (Å²) in [5.41, 5.74) is 0. The Bertz CT molecular complexity index is 496. The summed E-state index contributed by atoms with van der Waals surface area (Å²) >= 11 is 0. The summed E-state index contributed by atoms with van der Waals surface area (Å²) in [5, 5.41) is 10.1. The van der Waals surface area contributed by atoms with Crippen molar-refractivity contribution in [2.24, 2.45) is 5.92 Å². The summed E-state index contributed by atoms with van der Waals surface area (Å²) in [7, 11) is 0. The van der Waals surface area contributed by atoms with Crippen LogP contribution in [0.5, 0.6) is 11.5 Å². The zero-order chi connectivity index (χ0) is 16.1. The monoisotopic (exact) mass is 321 g/mol. The van der Waals surface area contributed by atoms with Gasteiger partial charge in [-0.1, -0.05) is 19.1 Å². The smallest absolute Gasteiger partial charge is 0.161 e. The van der Waals surface area contributed by atoms with Crippen LogP contribution in [0.2, 0.25) is 0 Å². The molecule has 1 aromatic rings. The highest BCUT2D eigenvalue weighted by Crippen LogP contribution is 2.30. The van der Waals surface area contributed by atoms with Crippen molar-refractivity contribution < 1.29 is 19.3 Å². The molecule has 0 unspecified atom stereocenters. The largest absolute Gasteiger partial charge is 0.486 e. The van der Waals surface area contributed by atoms with Gasteiger partial charge in [0.1, 0.15) is 6.61 Å². The molecule has 3 atom stereocenters. The first-order valence-corrected chi connectivity index (χ1v) is 8.57. The van der Waals surface area contributed by atoms with Gasteiger partial charge in [0.15, 0.2) is 17.6 Å². The molecule has 2 heterocycles. The highest BCUT2D eigenvalue weighted by atomic mass is 16.6. The third-order valence-corrected chi connectivity index (χ3v) is 4.39. The lowest BCUT2D eigenvalue weighted by atomic mass is 10.0. The quantitative estimate of drug-likeness (QED) is 0.868. The molecule has 0 spiro atoms. The Balaban J connectivity index is 1.35. The predicted octanol–water partition coefficient (Wildman–Crippen LogP) is 1.94. The minimum atomic E-state index is -0.447. The molecule has 2 aliphatic rings. The van der Waals surface area contributed by atoms with Gasteiger partial charge in [-0.3, -0.25) is 0 Å². The zero-order valence-corrected chi connectivity index (χ0v) is 13.8. The van der Waals surface area contributed by atoms with E-state index in [4.69, 9.17) is 14.2 Å². The van der Waals surface area contributed by atoms with Crippen LogP contribution in [0, 0.1) is 5.92 Å². The molecule has 5 heteroatoms. The van der Waals surface area contributed by atoms with Crippen LogP contribution in [0.1, 0.15) is 19.8 Å². The highest BCUT2D eigenvalue weighted by Gasteiger charge is 2.22. The second kappa shape index (κ2) is 7.99. The summed E-state index contributed by atoms with van der Waals surface area (Å²) in [4.78, 5) is 2.33. The van der Waals surface area contributed by atoms with E-state index in [-0.39, 0.29) is 6.10 Å². The number of β-amino-alcohol motifs (C(OH)–C–C–N with tert-alkyl or cyclic N) is 1. The number of aliphatic hydroxyl groups excluding tert-OH is 1. The van der Waals surface area contributed by atoms with E-state index < -0.39 is 6.10 Å². The molecule has 1 aromatic carbocycles. The molecule has 1 N–H and O–H groups in total. The van der Waals surface area contributed by atoms with Crippen molar-refractivity contribution in [2.75, 3.05) is 39.5 Å². The third-order valence-electron chi connectivity index (χ3n) is 4.39. The summed E-state index contributed by atoms with van der Waals surface area (Å²) in [6.07, 6.45) is 1.95. The van der Waals surface area contributed by atoms with Crippen molar-refractivity contribution in [3.8, 4) is 11.5 Å². The maximum absolute atomic E-state index is 10.1. The van der Waals surface area contributed by atoms with E-state index in [9.17, 15) is 5.11 Å². The lowest BCUT2D eigenvalue weighted by Gasteiger charge is -2.32. The number of piperidine rings is 1. The minimum Gasteiger partial charge on any atom is -0.486 e. The van der Waals surface area contributed by atoms with Crippen LogP contribution in [0.4, 0.5) is 0 Å². The fourth-order valence-corrected chi connectivity index (χ4v) is 3.28. The first kappa shape index (κ1) is 16.6. The van der Waals surface area contributed by atoms with Gasteiger partial charge < -0.3 is 24.2 Å². The summed E-state index contributed by atoms with van der Waals surface area (Å²) in [5.74, 6) is 2.27. The molecule has 0 amide bonds. The molecule has 0 aliphatic carbocycles. The number of benzene rings is 1. The van der Waals surface area contributed by atoms with E-state index in [0.29, 0.717) is 26.4 Å². The molecule has 5 nitrogen and oxygen atoms in total. The Hall–Kier alpha value is -1.30. The molecule has 0 radical (unpaired) electrons. The van der Waals surface area contributed by atoms with Crippen LogP contribution in [-0.4, -0.2) is 61.7 Å². The second-order valence-electron chi connectivity index (χ2n) is 6.70. The van der Waals surface area contributed by atoms with Crippen molar-refractivity contribution in [3.05, 3.63) is 24.3 Å². The van der Waals surface area contributed by atoms with Gasteiger partial charge in [-0.25, -0.2) is 0 Å². The van der Waals surface area contributed by atoms with E-state index >= 15 is 0 Å². The number of hydrogen-bond acceptors (Lipinski definition) is 5. The van der Waals surface area contributed by atoms with Crippen molar-refractivity contribution in [3.63, 3.8) is 0 Å². The van der Waals surface area contributed by atoms with Crippen LogP contribution in [0.15, 0.2) is 24.3 Å². The van der Waals surface area contributed by atoms with Crippen molar-refractivity contribution in [1.29, 1.82) is 0 Å². The van der Waals surface area contributed by atoms with Crippen LogP contribution in [-0.2, 0) is 4.74 Å². The first-order chi connectivity index (χ1) is 11.2. The number of likely N-dealkylation sites (tertiary alicyclic amines) is 1. The average molecular weight is 321 g/mol. The van der Waals surface area contributed by atoms with Crippen LogP contribution < -0.4 is 9.47 Å². The lowest BCUT2D eigenvalue weighted by Crippen LogP contribution is -2.41. The van der Waals surface area contributed by atoms with Gasteiger partial charge in [0.05, 0.1) is 19.3 Å². The summed E-state index contributed by atoms with van der Waals surface area (Å²) in [6.45, 7) is 6.37. The van der Waals surface area contributed by atoms with E-state index in [1.807, 2.05) is 24.3 Å². The van der Waals surface area contributed by atoms with Gasteiger partial charge >= 0.3 is 0 Å². The lowest BCUT2D eigenvalue weighted by molar-refractivity contribution is -0.0313. The van der Waals surface area contributed by atoms with E-state index in [2.05, 4.69) is 11.8 Å². The van der Waals surface area contributed by atoms with Gasteiger partial charge in [-0.2, -0.15) is 0 Å². The fourth-order valence-electron chi connectivity index (χ4n) is 3.28. The van der Waals surface area contributed by atoms with Gasteiger partial charge in [-0.05, 0) is 37.4 Å². The van der Waals surface area contributed by atoms with Crippen LogP contribution >= 0.6 is 0 Å². The maximum Gasteiger partial charge on any atom is 0.161 e. The number of rotatable bonds is 6. The van der Waals surface area contributed by atoms with Gasteiger partial charge in [-0.15, -0.1) is 0 Å². The topological polar surface area (TPSA) is 51.2 Å². The van der Waals surface area contributed by atoms with Crippen molar-refractivity contribution in [1.82, 2.24) is 4.90 Å². The maximum atomic E-state index is 10.1. The molecule has 1 fully saturated rings. The normalized spacial score (nSPS) is 26.0. The Morgan fingerprint density at radius 3 is 3.00 bits per heavy atom. The zero-order valence-electron chi connectivity index (χ0n) is 13.8. The molecule has 0 aromatic heterocycles. The van der Waals surface area contributed by atoms with E-state index in [0.717, 1.165) is 30.5 Å². The average Bonchev–Trinajstić information content (AvgIpc) is 2.55. The number of fused-ring (bicyclic) bond motifs is 1. The number of para-hydroxylation sites is 2. The summed E-state index contributed by atoms with van der Waals surface area (Å²) in [6, 6.07) is 7.65. The van der Waals surface area contributed by atoms with Gasteiger partial charge in [0.25, 0.3) is 0 Å². The van der Waals surface area contributed by atoms with Gasteiger partial charge in [0, 0.05) is 13.1 Å². The van der Waals surface area contributed by atoms with Crippen molar-refractivity contribution in [2.45, 2.75) is 32.0 Å². The predicted molar refractivity (Wildman–Crippen MR) is 88.0 cm³/mol. The number of aliphatic hydroxyl groups is 1. The molecule has 128 valence electrons. The standard InChI is InChI=1S/C18H27NO4/c1-14-5-4-8-19(9-14)10-15(20)11-21-12-16-13-22-17-6-2-3-7-18(17)23-16/h2-3,6-7,14-16,20H,4-5,8-13H2,1H3/t14-,15+,16-/m1/s1. The number of hydrogen-bond donors (Lipinski definition) is 1. The molecule has 3 rings (SSSR count). The van der Waals surface area contributed by atoms with Crippen molar-refractivity contribution >= 4 is 0 Å². The van der Waals surface area contributed by atoms with E-state index in [1.165, 1.54) is 12.8 Å². The number of ether oxygens (including phenoxy) is 3. The fraction of sp³-hybridized carbons (Fsp3) is 0.667. The Morgan fingerprint density at radius 1 is 1.35 bits per heavy atom. The Labute approximate surface area is 138 Å². The molecule has 23 heavy (non-hydrogen) atoms.